The molecule has 4 heterocycles. The third kappa shape index (κ3) is 2.27. The number of thiophene rings is 1. The van der Waals surface area contributed by atoms with Crippen molar-refractivity contribution < 1.29 is 9.59 Å². The van der Waals surface area contributed by atoms with Crippen LogP contribution in [0.15, 0.2) is 16.8 Å². The van der Waals surface area contributed by atoms with Gasteiger partial charge in [-0.1, -0.05) is 0 Å². The topological polar surface area (TPSA) is 40.6 Å². The highest BCUT2D eigenvalue weighted by molar-refractivity contribution is 7.08. The Kier molecular flexibility index (Phi) is 3.25. The molecule has 1 aromatic rings. The molecule has 3 aliphatic heterocycles. The van der Waals surface area contributed by atoms with Crippen LogP contribution in [0.5, 0.6) is 0 Å². The molecule has 0 aromatic carbocycles. The summed E-state index contributed by atoms with van der Waals surface area (Å²) in [6.45, 7) is 2.48. The summed E-state index contributed by atoms with van der Waals surface area (Å²) in [5.41, 5.74) is 0.816. The van der Waals surface area contributed by atoms with Crippen LogP contribution in [0.3, 0.4) is 0 Å². The zero-order valence-electron chi connectivity index (χ0n) is 12.0. The first-order valence-electron chi connectivity index (χ1n) is 7.83. The number of carbonyl (C=O) groups excluding carboxylic acids is 2. The summed E-state index contributed by atoms with van der Waals surface area (Å²) in [4.78, 5) is 28.8. The average Bonchev–Trinajstić information content (AvgIpc) is 3.02. The Morgan fingerprint density at radius 3 is 3.00 bits per heavy atom. The maximum absolute atomic E-state index is 12.6. The summed E-state index contributed by atoms with van der Waals surface area (Å²) in [6.07, 6.45) is 4.03. The Balaban J connectivity index is 1.53. The van der Waals surface area contributed by atoms with Gasteiger partial charge < -0.3 is 9.80 Å². The smallest absolute Gasteiger partial charge is 0.254 e. The van der Waals surface area contributed by atoms with Gasteiger partial charge in [-0.25, -0.2) is 0 Å². The number of amides is 2. The summed E-state index contributed by atoms with van der Waals surface area (Å²) in [6, 6.07) is 2.29. The fourth-order valence-corrected chi connectivity index (χ4v) is 4.97. The van der Waals surface area contributed by atoms with Gasteiger partial charge >= 0.3 is 0 Å². The quantitative estimate of drug-likeness (QED) is 0.798. The van der Waals surface area contributed by atoms with Crippen LogP contribution in [-0.2, 0) is 4.79 Å². The van der Waals surface area contributed by atoms with Gasteiger partial charge in [0.05, 0.1) is 5.56 Å². The Morgan fingerprint density at radius 2 is 2.19 bits per heavy atom. The van der Waals surface area contributed by atoms with Crippen LogP contribution in [0.1, 0.15) is 36.0 Å². The molecule has 4 rings (SSSR count). The zero-order valence-corrected chi connectivity index (χ0v) is 12.8. The van der Waals surface area contributed by atoms with Crippen molar-refractivity contribution >= 4 is 23.2 Å². The largest absolute Gasteiger partial charge is 0.339 e. The first-order chi connectivity index (χ1) is 10.2. The summed E-state index contributed by atoms with van der Waals surface area (Å²) in [7, 11) is 0. The van der Waals surface area contributed by atoms with E-state index in [4.69, 9.17) is 0 Å². The average molecular weight is 304 g/mol. The number of piperidine rings is 3. The van der Waals surface area contributed by atoms with Gasteiger partial charge in [-0.3, -0.25) is 9.59 Å². The summed E-state index contributed by atoms with van der Waals surface area (Å²) >= 11 is 1.57. The van der Waals surface area contributed by atoms with E-state index in [0.29, 0.717) is 30.2 Å². The van der Waals surface area contributed by atoms with Crippen LogP contribution < -0.4 is 0 Å². The molecule has 3 aliphatic rings. The predicted molar refractivity (Wildman–Crippen MR) is 81.2 cm³/mol. The van der Waals surface area contributed by atoms with Gasteiger partial charge in [0.15, 0.2) is 0 Å². The highest BCUT2D eigenvalue weighted by Crippen LogP contribution is 2.38. The van der Waals surface area contributed by atoms with Gasteiger partial charge in [0.1, 0.15) is 0 Å². The van der Waals surface area contributed by atoms with Gasteiger partial charge in [-0.2, -0.15) is 11.3 Å². The van der Waals surface area contributed by atoms with E-state index in [0.717, 1.165) is 38.0 Å². The molecular formula is C16H20N2O2S. The highest BCUT2D eigenvalue weighted by Gasteiger charge is 2.44. The Morgan fingerprint density at radius 1 is 1.29 bits per heavy atom. The standard InChI is InChI=1S/C16H20N2O2S/c19-15-3-1-2-14-13-6-11(8-18(14)15)7-17(9-13)16(20)12-4-5-21-10-12/h4-5,10-11,13-14H,1-3,6-9H2/t11?,13?,14-/m1/s1. The lowest BCUT2D eigenvalue weighted by Gasteiger charge is -2.52. The molecule has 2 bridgehead atoms. The third-order valence-corrected chi connectivity index (χ3v) is 5.92. The molecule has 112 valence electrons. The summed E-state index contributed by atoms with van der Waals surface area (Å²) in [5, 5.41) is 3.89. The molecule has 0 spiro atoms. The zero-order chi connectivity index (χ0) is 14.4. The number of likely N-dealkylation sites (tertiary alicyclic amines) is 1. The number of hydrogen-bond donors (Lipinski definition) is 0. The van der Waals surface area contributed by atoms with Crippen molar-refractivity contribution in [3.63, 3.8) is 0 Å². The minimum Gasteiger partial charge on any atom is -0.339 e. The Labute approximate surface area is 128 Å². The van der Waals surface area contributed by atoms with Crippen molar-refractivity contribution in [1.29, 1.82) is 0 Å². The number of nitrogens with zero attached hydrogens (tertiary/aromatic N) is 2. The van der Waals surface area contributed by atoms with E-state index in [1.54, 1.807) is 11.3 Å². The molecule has 5 heteroatoms. The maximum atomic E-state index is 12.6. The summed E-state index contributed by atoms with van der Waals surface area (Å²) in [5.74, 6) is 1.44. The van der Waals surface area contributed by atoms with Crippen molar-refractivity contribution in [2.24, 2.45) is 11.8 Å². The van der Waals surface area contributed by atoms with Crippen molar-refractivity contribution in [1.82, 2.24) is 9.80 Å². The molecule has 3 fully saturated rings. The molecule has 0 N–H and O–H groups in total. The number of fused-ring (bicyclic) bond motifs is 4. The van der Waals surface area contributed by atoms with Crippen molar-refractivity contribution in [2.75, 3.05) is 19.6 Å². The maximum Gasteiger partial charge on any atom is 0.254 e. The second kappa shape index (κ2) is 5.13. The first kappa shape index (κ1) is 13.3. The molecule has 0 radical (unpaired) electrons. The monoisotopic (exact) mass is 304 g/mol. The van der Waals surface area contributed by atoms with Crippen molar-refractivity contribution in [3.8, 4) is 0 Å². The number of hydrogen-bond acceptors (Lipinski definition) is 3. The molecule has 2 unspecified atom stereocenters. The Bertz CT molecular complexity index is 557. The fraction of sp³-hybridized carbons (Fsp3) is 0.625. The van der Waals surface area contributed by atoms with Gasteiger partial charge in [-0.15, -0.1) is 0 Å². The molecular weight excluding hydrogens is 284 g/mol. The molecule has 0 aliphatic carbocycles. The molecule has 21 heavy (non-hydrogen) atoms. The van der Waals surface area contributed by atoms with E-state index in [2.05, 4.69) is 4.90 Å². The molecule has 2 amide bonds. The Hall–Kier alpha value is -1.36. The van der Waals surface area contributed by atoms with Crippen LogP contribution in [0, 0.1) is 11.8 Å². The van der Waals surface area contributed by atoms with Crippen LogP contribution >= 0.6 is 11.3 Å². The SMILES string of the molecule is O=C(c1ccsc1)N1CC2CC(C1)[C@H]1CCCC(=O)N1C2. The van der Waals surface area contributed by atoms with E-state index in [9.17, 15) is 9.59 Å². The fourth-order valence-electron chi connectivity index (χ4n) is 4.34. The van der Waals surface area contributed by atoms with Gasteiger partial charge in [0, 0.05) is 37.5 Å². The first-order valence-corrected chi connectivity index (χ1v) is 8.77. The predicted octanol–water partition coefficient (Wildman–Crippen LogP) is 2.22. The van der Waals surface area contributed by atoms with Crippen molar-refractivity contribution in [2.45, 2.75) is 31.7 Å². The molecule has 3 saturated heterocycles. The van der Waals surface area contributed by atoms with Crippen LogP contribution in [0.4, 0.5) is 0 Å². The van der Waals surface area contributed by atoms with E-state index >= 15 is 0 Å². The van der Waals surface area contributed by atoms with E-state index in [1.165, 1.54) is 6.42 Å². The van der Waals surface area contributed by atoms with Crippen LogP contribution in [-0.4, -0.2) is 47.3 Å². The second-order valence-corrected chi connectivity index (χ2v) is 7.37. The van der Waals surface area contributed by atoms with Crippen molar-refractivity contribution in [3.05, 3.63) is 22.4 Å². The number of carbonyl (C=O) groups is 2. The van der Waals surface area contributed by atoms with E-state index in [-0.39, 0.29) is 5.91 Å². The van der Waals surface area contributed by atoms with E-state index in [1.807, 2.05) is 21.7 Å². The van der Waals surface area contributed by atoms with Gasteiger partial charge in [0.25, 0.3) is 5.91 Å². The lowest BCUT2D eigenvalue weighted by molar-refractivity contribution is -0.144. The van der Waals surface area contributed by atoms with E-state index < -0.39 is 0 Å². The molecule has 4 nitrogen and oxygen atoms in total. The lowest BCUT2D eigenvalue weighted by atomic mass is 9.76. The minimum absolute atomic E-state index is 0.168. The minimum atomic E-state index is 0.168. The normalized spacial score (nSPS) is 32.0. The van der Waals surface area contributed by atoms with Gasteiger partial charge in [-0.05, 0) is 42.5 Å². The molecule has 3 atom stereocenters. The second-order valence-electron chi connectivity index (χ2n) is 6.59. The van der Waals surface area contributed by atoms with Gasteiger partial charge in [0.2, 0.25) is 5.91 Å². The highest BCUT2D eigenvalue weighted by atomic mass is 32.1. The third-order valence-electron chi connectivity index (χ3n) is 5.24. The van der Waals surface area contributed by atoms with Crippen LogP contribution in [0.25, 0.3) is 0 Å². The molecule has 0 saturated carbocycles. The summed E-state index contributed by atoms with van der Waals surface area (Å²) < 4.78 is 0. The van der Waals surface area contributed by atoms with Crippen LogP contribution in [0.2, 0.25) is 0 Å². The molecule has 1 aromatic heterocycles. The number of rotatable bonds is 1. The lowest BCUT2D eigenvalue weighted by Crippen LogP contribution is -2.61.